The van der Waals surface area contributed by atoms with Gasteiger partial charge in [-0.1, -0.05) is 13.8 Å². The van der Waals surface area contributed by atoms with Crippen LogP contribution in [-0.2, 0) is 0 Å². The van der Waals surface area contributed by atoms with Crippen molar-refractivity contribution >= 4 is 5.97 Å². The maximum absolute atomic E-state index is 11.4. The molecule has 2 aromatic rings. The van der Waals surface area contributed by atoms with Gasteiger partial charge in [-0.3, -0.25) is 4.98 Å². The van der Waals surface area contributed by atoms with Gasteiger partial charge in [0.25, 0.3) is 0 Å². The van der Waals surface area contributed by atoms with Gasteiger partial charge in [0.05, 0.1) is 17.1 Å². The predicted molar refractivity (Wildman–Crippen MR) is 71.9 cm³/mol. The normalized spacial score (nSPS) is 11.0. The fourth-order valence-corrected chi connectivity index (χ4v) is 2.03. The minimum atomic E-state index is -0.985. The first-order valence-electron chi connectivity index (χ1n) is 6.17. The van der Waals surface area contributed by atoms with Crippen LogP contribution >= 0.6 is 0 Å². The monoisotopic (exact) mass is 259 g/mol. The third-order valence-corrected chi connectivity index (χ3v) is 2.97. The minimum absolute atomic E-state index is 0.198. The fourth-order valence-electron chi connectivity index (χ4n) is 2.03. The number of aryl methyl sites for hydroxylation is 2. The highest BCUT2D eigenvalue weighted by Gasteiger charge is 2.17. The Hall–Kier alpha value is -2.17. The predicted octanol–water partition coefficient (Wildman–Crippen LogP) is 2.71. The molecule has 2 aromatic heterocycles. The van der Waals surface area contributed by atoms with Gasteiger partial charge in [-0.25, -0.2) is 9.48 Å². The molecule has 2 heterocycles. The molecular formula is C14H17N3O2. The van der Waals surface area contributed by atoms with Crippen LogP contribution in [0.3, 0.4) is 0 Å². The summed E-state index contributed by atoms with van der Waals surface area (Å²) >= 11 is 0. The van der Waals surface area contributed by atoms with Crippen LogP contribution in [0.2, 0.25) is 0 Å². The molecule has 0 aliphatic heterocycles. The van der Waals surface area contributed by atoms with Gasteiger partial charge < -0.3 is 5.11 Å². The zero-order valence-corrected chi connectivity index (χ0v) is 11.5. The minimum Gasteiger partial charge on any atom is -0.478 e. The van der Waals surface area contributed by atoms with E-state index in [2.05, 4.69) is 10.1 Å². The first-order chi connectivity index (χ1) is 8.90. The van der Waals surface area contributed by atoms with Crippen molar-refractivity contribution in [3.05, 3.63) is 41.0 Å². The number of aromatic nitrogens is 3. The third-order valence-electron chi connectivity index (χ3n) is 2.97. The maximum Gasteiger partial charge on any atom is 0.339 e. The number of carboxylic acid groups (broad SMARTS) is 1. The van der Waals surface area contributed by atoms with E-state index < -0.39 is 5.97 Å². The molecule has 0 saturated heterocycles. The summed E-state index contributed by atoms with van der Waals surface area (Å²) in [6.07, 6.45) is 1.79. The highest BCUT2D eigenvalue weighted by Crippen LogP contribution is 2.20. The van der Waals surface area contributed by atoms with Crippen LogP contribution in [0.1, 0.15) is 47.2 Å². The zero-order chi connectivity index (χ0) is 14.2. The summed E-state index contributed by atoms with van der Waals surface area (Å²) in [7, 11) is 0. The number of hydrogen-bond donors (Lipinski definition) is 1. The lowest BCUT2D eigenvalue weighted by Crippen LogP contribution is -2.11. The average molecular weight is 259 g/mol. The van der Waals surface area contributed by atoms with Crippen molar-refractivity contribution in [2.24, 2.45) is 0 Å². The van der Waals surface area contributed by atoms with Crippen molar-refractivity contribution in [1.29, 1.82) is 0 Å². The molecule has 19 heavy (non-hydrogen) atoms. The second-order valence-corrected chi connectivity index (χ2v) is 4.89. The lowest BCUT2D eigenvalue weighted by molar-refractivity contribution is 0.0695. The van der Waals surface area contributed by atoms with Crippen LogP contribution in [0.15, 0.2) is 18.3 Å². The van der Waals surface area contributed by atoms with Gasteiger partial charge >= 0.3 is 5.97 Å². The van der Waals surface area contributed by atoms with E-state index in [1.807, 2.05) is 26.8 Å². The molecule has 1 N–H and O–H groups in total. The van der Waals surface area contributed by atoms with Gasteiger partial charge in [0, 0.05) is 11.9 Å². The number of aromatic carboxylic acids is 1. The van der Waals surface area contributed by atoms with E-state index in [4.69, 9.17) is 0 Å². The van der Waals surface area contributed by atoms with Crippen LogP contribution in [0.4, 0.5) is 0 Å². The van der Waals surface area contributed by atoms with Crippen LogP contribution in [0.5, 0.6) is 0 Å². The molecule has 0 aliphatic rings. The van der Waals surface area contributed by atoms with Crippen molar-refractivity contribution in [2.45, 2.75) is 33.6 Å². The summed E-state index contributed by atoms with van der Waals surface area (Å²) in [5.41, 5.74) is 2.97. The molecule has 2 rings (SSSR count). The van der Waals surface area contributed by atoms with Crippen molar-refractivity contribution in [1.82, 2.24) is 14.8 Å². The van der Waals surface area contributed by atoms with Crippen LogP contribution < -0.4 is 0 Å². The number of nitrogens with zero attached hydrogens (tertiary/aromatic N) is 3. The summed E-state index contributed by atoms with van der Waals surface area (Å²) < 4.78 is 1.61. The molecule has 0 aromatic carbocycles. The Morgan fingerprint density at radius 1 is 1.37 bits per heavy atom. The van der Waals surface area contributed by atoms with Crippen molar-refractivity contribution in [3.63, 3.8) is 0 Å². The lowest BCUT2D eigenvalue weighted by atomic mass is 10.1. The highest BCUT2D eigenvalue weighted by molar-refractivity contribution is 5.93. The molecule has 0 saturated carbocycles. The molecule has 100 valence electrons. The topological polar surface area (TPSA) is 68.0 Å². The summed E-state index contributed by atoms with van der Waals surface area (Å²) in [6, 6.07) is 3.65. The molecule has 0 radical (unpaired) electrons. The molecule has 0 unspecified atom stereocenters. The number of rotatable bonds is 3. The molecule has 5 heteroatoms. The van der Waals surface area contributed by atoms with Crippen molar-refractivity contribution in [3.8, 4) is 5.69 Å². The molecular weight excluding hydrogens is 242 g/mol. The summed E-state index contributed by atoms with van der Waals surface area (Å²) in [5.74, 6) is -0.680. The fraction of sp³-hybridized carbons (Fsp3) is 0.357. The van der Waals surface area contributed by atoms with Gasteiger partial charge in [0.2, 0.25) is 0 Å². The highest BCUT2D eigenvalue weighted by atomic mass is 16.4. The molecule has 0 atom stereocenters. The van der Waals surface area contributed by atoms with E-state index in [-0.39, 0.29) is 5.56 Å². The third kappa shape index (κ3) is 2.50. The number of carbonyl (C=O) groups is 1. The quantitative estimate of drug-likeness (QED) is 0.920. The Morgan fingerprint density at radius 2 is 2.05 bits per heavy atom. The van der Waals surface area contributed by atoms with Crippen LogP contribution in [0.25, 0.3) is 5.69 Å². The van der Waals surface area contributed by atoms with Crippen molar-refractivity contribution < 1.29 is 9.90 Å². The number of hydrogen-bond acceptors (Lipinski definition) is 3. The SMILES string of the molecule is Cc1cc(-n2ccc(C(C)C)n2)c(C(=O)O)c(C)n1. The van der Waals surface area contributed by atoms with Gasteiger partial charge in [0.15, 0.2) is 0 Å². The number of pyridine rings is 1. The Balaban J connectivity index is 2.63. The van der Waals surface area contributed by atoms with Gasteiger partial charge in [-0.15, -0.1) is 0 Å². The Bertz CT molecular complexity index is 630. The molecule has 0 fully saturated rings. The van der Waals surface area contributed by atoms with E-state index in [1.54, 1.807) is 23.9 Å². The largest absolute Gasteiger partial charge is 0.478 e. The second-order valence-electron chi connectivity index (χ2n) is 4.89. The van der Waals surface area contributed by atoms with E-state index in [0.29, 0.717) is 17.3 Å². The van der Waals surface area contributed by atoms with Crippen molar-refractivity contribution in [2.75, 3.05) is 0 Å². The van der Waals surface area contributed by atoms with E-state index >= 15 is 0 Å². The standard InChI is InChI=1S/C14H17N3O2/c1-8(2)11-5-6-17(16-11)12-7-9(3)15-10(4)13(12)14(18)19/h5-8H,1-4H3,(H,18,19). The van der Waals surface area contributed by atoms with Gasteiger partial charge in [-0.05, 0) is 31.9 Å². The van der Waals surface area contributed by atoms with Gasteiger partial charge in [-0.2, -0.15) is 5.10 Å². The summed E-state index contributed by atoms with van der Waals surface area (Å²) in [6.45, 7) is 7.64. The maximum atomic E-state index is 11.4. The smallest absolute Gasteiger partial charge is 0.339 e. The second kappa shape index (κ2) is 4.84. The first kappa shape index (κ1) is 13.3. The van der Waals surface area contributed by atoms with E-state index in [1.165, 1.54) is 0 Å². The van der Waals surface area contributed by atoms with E-state index in [0.717, 1.165) is 11.4 Å². The van der Waals surface area contributed by atoms with Gasteiger partial charge in [0.1, 0.15) is 5.56 Å². The Morgan fingerprint density at radius 3 is 2.58 bits per heavy atom. The Kier molecular flexibility index (Phi) is 3.38. The molecule has 0 aliphatic carbocycles. The van der Waals surface area contributed by atoms with Crippen LogP contribution in [0, 0.1) is 13.8 Å². The molecule has 0 bridgehead atoms. The Labute approximate surface area is 111 Å². The first-order valence-corrected chi connectivity index (χ1v) is 6.17. The molecule has 5 nitrogen and oxygen atoms in total. The molecule has 0 amide bonds. The lowest BCUT2D eigenvalue weighted by Gasteiger charge is -2.10. The van der Waals surface area contributed by atoms with Crippen LogP contribution in [-0.4, -0.2) is 25.8 Å². The molecule has 0 spiro atoms. The average Bonchev–Trinajstić information content (AvgIpc) is 2.76. The zero-order valence-electron chi connectivity index (χ0n) is 11.5. The summed E-state index contributed by atoms with van der Waals surface area (Å²) in [4.78, 5) is 15.6. The summed E-state index contributed by atoms with van der Waals surface area (Å²) in [5, 5.41) is 13.8. The number of carboxylic acids is 1. The van der Waals surface area contributed by atoms with E-state index in [9.17, 15) is 9.90 Å².